The van der Waals surface area contributed by atoms with Gasteiger partial charge in [-0.2, -0.15) is 0 Å². The lowest BCUT2D eigenvalue weighted by Gasteiger charge is -2.11. The zero-order valence-electron chi connectivity index (χ0n) is 9.15. The van der Waals surface area contributed by atoms with Crippen LogP contribution in [0.3, 0.4) is 0 Å². The maximum absolute atomic E-state index is 9.23. The molecule has 16 heavy (non-hydrogen) atoms. The number of nitrogens with two attached hydrogens (primary N) is 1. The van der Waals surface area contributed by atoms with Crippen LogP contribution in [0.25, 0.3) is 0 Å². The van der Waals surface area contributed by atoms with Crippen LogP contribution in [0.5, 0.6) is 5.75 Å². The lowest BCUT2D eigenvalue weighted by Crippen LogP contribution is -2.25. The molecule has 1 aromatic carbocycles. The zero-order chi connectivity index (χ0) is 12.0. The van der Waals surface area contributed by atoms with E-state index in [1.54, 1.807) is 7.11 Å². The van der Waals surface area contributed by atoms with E-state index < -0.39 is 6.10 Å². The smallest absolute Gasteiger partial charge is 0.124 e. The van der Waals surface area contributed by atoms with Crippen molar-refractivity contribution in [2.24, 2.45) is 5.73 Å². The second kappa shape index (κ2) is 6.85. The molecule has 0 aliphatic carbocycles. The van der Waals surface area contributed by atoms with E-state index in [1.807, 2.05) is 18.2 Å². The monoisotopic (exact) mass is 289 g/mol. The molecular weight excluding hydrogens is 274 g/mol. The van der Waals surface area contributed by atoms with Gasteiger partial charge in [-0.15, -0.1) is 0 Å². The van der Waals surface area contributed by atoms with Gasteiger partial charge in [0.05, 0.1) is 26.4 Å². The molecule has 1 atom stereocenters. The highest BCUT2D eigenvalue weighted by Gasteiger charge is 2.06. The zero-order valence-corrected chi connectivity index (χ0v) is 10.7. The third-order valence-electron chi connectivity index (χ3n) is 2.08. The van der Waals surface area contributed by atoms with E-state index in [4.69, 9.17) is 15.2 Å². The molecule has 0 heterocycles. The molecule has 0 fully saturated rings. The molecule has 0 aliphatic rings. The van der Waals surface area contributed by atoms with E-state index >= 15 is 0 Å². The predicted molar refractivity (Wildman–Crippen MR) is 65.4 cm³/mol. The third kappa shape index (κ3) is 4.09. The van der Waals surface area contributed by atoms with Crippen LogP contribution in [-0.2, 0) is 11.3 Å². The number of hydrogen-bond donors (Lipinski definition) is 2. The van der Waals surface area contributed by atoms with Crippen LogP contribution in [0.2, 0.25) is 0 Å². The molecular formula is C11H16BrNO3. The molecule has 90 valence electrons. The molecule has 0 bridgehead atoms. The molecule has 0 saturated carbocycles. The Kier molecular flexibility index (Phi) is 5.76. The molecule has 3 N–H and O–H groups in total. The van der Waals surface area contributed by atoms with Crippen LogP contribution in [-0.4, -0.2) is 31.5 Å². The first-order chi connectivity index (χ1) is 7.67. The average Bonchev–Trinajstić information content (AvgIpc) is 2.29. The first-order valence-corrected chi connectivity index (χ1v) is 5.75. The van der Waals surface area contributed by atoms with Crippen molar-refractivity contribution in [2.45, 2.75) is 12.7 Å². The van der Waals surface area contributed by atoms with Crippen molar-refractivity contribution < 1.29 is 14.6 Å². The number of methoxy groups -OCH3 is 1. The molecule has 0 saturated heterocycles. The van der Waals surface area contributed by atoms with Gasteiger partial charge in [-0.25, -0.2) is 0 Å². The summed E-state index contributed by atoms with van der Waals surface area (Å²) >= 11 is 3.38. The Morgan fingerprint density at radius 3 is 2.88 bits per heavy atom. The summed E-state index contributed by atoms with van der Waals surface area (Å²) in [7, 11) is 1.61. The number of aliphatic hydroxyl groups excluding tert-OH is 1. The van der Waals surface area contributed by atoms with Crippen molar-refractivity contribution in [2.75, 3.05) is 20.3 Å². The van der Waals surface area contributed by atoms with Gasteiger partial charge >= 0.3 is 0 Å². The van der Waals surface area contributed by atoms with Gasteiger partial charge in [0.2, 0.25) is 0 Å². The Hall–Kier alpha value is -0.620. The fourth-order valence-electron chi connectivity index (χ4n) is 1.23. The van der Waals surface area contributed by atoms with Gasteiger partial charge in [-0.05, 0) is 18.2 Å². The van der Waals surface area contributed by atoms with Crippen molar-refractivity contribution in [1.82, 2.24) is 0 Å². The third-order valence-corrected chi connectivity index (χ3v) is 2.58. The topological polar surface area (TPSA) is 64.7 Å². The van der Waals surface area contributed by atoms with Crippen molar-refractivity contribution >= 4 is 15.9 Å². The molecule has 0 spiro atoms. The second-order valence-electron chi connectivity index (χ2n) is 3.36. The Bertz CT molecular complexity index is 333. The van der Waals surface area contributed by atoms with E-state index in [9.17, 15) is 5.11 Å². The fraction of sp³-hybridized carbons (Fsp3) is 0.455. The Balaban J connectivity index is 2.55. The SMILES string of the molecule is COc1ccc(Br)cc1COCC(O)CN. The molecule has 0 aromatic heterocycles. The minimum Gasteiger partial charge on any atom is -0.496 e. The van der Waals surface area contributed by atoms with Gasteiger partial charge in [0.15, 0.2) is 0 Å². The van der Waals surface area contributed by atoms with Crippen LogP contribution in [0, 0.1) is 0 Å². The van der Waals surface area contributed by atoms with Crippen molar-refractivity contribution in [3.8, 4) is 5.75 Å². The van der Waals surface area contributed by atoms with Crippen LogP contribution in [0.4, 0.5) is 0 Å². The molecule has 1 unspecified atom stereocenters. The summed E-state index contributed by atoms with van der Waals surface area (Å²) in [6.07, 6.45) is -0.613. The van der Waals surface area contributed by atoms with Crippen LogP contribution < -0.4 is 10.5 Å². The van der Waals surface area contributed by atoms with Gasteiger partial charge in [-0.1, -0.05) is 15.9 Å². The van der Waals surface area contributed by atoms with Crippen molar-refractivity contribution in [3.63, 3.8) is 0 Å². The standard InChI is InChI=1S/C11H16BrNO3/c1-15-11-3-2-9(12)4-8(11)6-16-7-10(14)5-13/h2-4,10,14H,5-7,13H2,1H3. The van der Waals surface area contributed by atoms with Crippen LogP contribution in [0.15, 0.2) is 22.7 Å². The fourth-order valence-corrected chi connectivity index (χ4v) is 1.64. The quantitative estimate of drug-likeness (QED) is 0.828. The highest BCUT2D eigenvalue weighted by molar-refractivity contribution is 9.10. The summed E-state index contributed by atoms with van der Waals surface area (Å²) in [5.41, 5.74) is 6.20. The van der Waals surface area contributed by atoms with E-state index in [-0.39, 0.29) is 13.2 Å². The summed E-state index contributed by atoms with van der Waals surface area (Å²) in [5.74, 6) is 0.769. The summed E-state index contributed by atoms with van der Waals surface area (Å²) in [4.78, 5) is 0. The Morgan fingerprint density at radius 1 is 1.50 bits per heavy atom. The highest BCUT2D eigenvalue weighted by Crippen LogP contribution is 2.23. The first kappa shape index (κ1) is 13.4. The molecule has 1 aromatic rings. The molecule has 4 nitrogen and oxygen atoms in total. The highest BCUT2D eigenvalue weighted by atomic mass is 79.9. The van der Waals surface area contributed by atoms with E-state index in [0.717, 1.165) is 15.8 Å². The molecule has 5 heteroatoms. The Morgan fingerprint density at radius 2 is 2.25 bits per heavy atom. The van der Waals surface area contributed by atoms with E-state index in [1.165, 1.54) is 0 Å². The predicted octanol–water partition coefficient (Wildman–Crippen LogP) is 1.29. The molecule has 0 radical (unpaired) electrons. The number of hydrogen-bond acceptors (Lipinski definition) is 4. The van der Waals surface area contributed by atoms with Gasteiger partial charge in [-0.3, -0.25) is 0 Å². The molecule has 1 rings (SSSR count). The van der Waals surface area contributed by atoms with E-state index in [2.05, 4.69) is 15.9 Å². The number of aliphatic hydroxyl groups is 1. The number of benzene rings is 1. The summed E-state index contributed by atoms with van der Waals surface area (Å²) in [6.45, 7) is 0.821. The Labute approximate surface area is 103 Å². The maximum Gasteiger partial charge on any atom is 0.124 e. The van der Waals surface area contributed by atoms with Gasteiger partial charge < -0.3 is 20.3 Å². The maximum atomic E-state index is 9.23. The lowest BCUT2D eigenvalue weighted by atomic mass is 10.2. The van der Waals surface area contributed by atoms with Crippen molar-refractivity contribution in [3.05, 3.63) is 28.2 Å². The number of rotatable bonds is 6. The second-order valence-corrected chi connectivity index (χ2v) is 4.28. The van der Waals surface area contributed by atoms with Gasteiger partial charge in [0.25, 0.3) is 0 Å². The molecule has 0 amide bonds. The lowest BCUT2D eigenvalue weighted by molar-refractivity contribution is 0.0322. The average molecular weight is 290 g/mol. The minimum absolute atomic E-state index is 0.204. The minimum atomic E-state index is -0.613. The summed E-state index contributed by atoms with van der Waals surface area (Å²) in [5, 5.41) is 9.23. The number of ether oxygens (including phenoxy) is 2. The summed E-state index contributed by atoms with van der Waals surface area (Å²) < 4.78 is 11.5. The van der Waals surface area contributed by atoms with Gasteiger partial charge in [0, 0.05) is 16.6 Å². The summed E-state index contributed by atoms with van der Waals surface area (Å²) in [6, 6.07) is 5.69. The van der Waals surface area contributed by atoms with E-state index in [0.29, 0.717) is 6.61 Å². The van der Waals surface area contributed by atoms with Crippen molar-refractivity contribution in [1.29, 1.82) is 0 Å². The first-order valence-electron chi connectivity index (χ1n) is 4.95. The van der Waals surface area contributed by atoms with Crippen LogP contribution in [0.1, 0.15) is 5.56 Å². The molecule has 0 aliphatic heterocycles. The van der Waals surface area contributed by atoms with Crippen LogP contribution >= 0.6 is 15.9 Å². The normalized spacial score (nSPS) is 12.5. The van der Waals surface area contributed by atoms with Gasteiger partial charge in [0.1, 0.15) is 5.75 Å². The number of halogens is 1. The largest absolute Gasteiger partial charge is 0.496 e.